The van der Waals surface area contributed by atoms with Crippen LogP contribution in [-0.2, 0) is 4.74 Å². The van der Waals surface area contributed by atoms with Crippen molar-refractivity contribution in [1.82, 2.24) is 10.3 Å². The Morgan fingerprint density at radius 3 is 2.83 bits per heavy atom. The molecule has 1 aromatic heterocycles. The van der Waals surface area contributed by atoms with Crippen LogP contribution in [0.5, 0.6) is 0 Å². The Balaban J connectivity index is 2.28. The maximum absolute atomic E-state index is 11.7. The number of pyridine rings is 1. The van der Waals surface area contributed by atoms with E-state index in [0.29, 0.717) is 0 Å². The number of nitrogen functional groups attached to an aromatic ring is 1. The van der Waals surface area contributed by atoms with Crippen LogP contribution in [0.2, 0.25) is 0 Å². The summed E-state index contributed by atoms with van der Waals surface area (Å²) >= 11 is 0. The van der Waals surface area contributed by atoms with Gasteiger partial charge in [-0.05, 0) is 12.1 Å². The standard InChI is InChI=1S/C10H12F3N3O2/c11-10(12,13)6-18-5-4-16-9(17)8-7(14)2-1-3-15-8/h1-3H,4-6,14H2,(H,16,17). The van der Waals surface area contributed by atoms with Crippen LogP contribution in [0, 0.1) is 0 Å². The molecule has 0 saturated carbocycles. The Labute approximate surface area is 101 Å². The molecule has 1 rings (SSSR count). The number of hydrogen-bond donors (Lipinski definition) is 2. The van der Waals surface area contributed by atoms with Gasteiger partial charge in [-0.3, -0.25) is 4.79 Å². The van der Waals surface area contributed by atoms with Crippen molar-refractivity contribution >= 4 is 11.6 Å². The molecule has 0 unspecified atom stereocenters. The minimum absolute atomic E-state index is 0.0355. The molecule has 1 heterocycles. The first-order chi connectivity index (χ1) is 8.40. The van der Waals surface area contributed by atoms with Gasteiger partial charge in [0.05, 0.1) is 12.3 Å². The Morgan fingerprint density at radius 1 is 1.50 bits per heavy atom. The van der Waals surface area contributed by atoms with E-state index in [1.165, 1.54) is 12.3 Å². The average molecular weight is 263 g/mol. The minimum atomic E-state index is -4.37. The van der Waals surface area contributed by atoms with E-state index in [-0.39, 0.29) is 24.5 Å². The normalized spacial score (nSPS) is 11.3. The highest BCUT2D eigenvalue weighted by molar-refractivity contribution is 5.96. The van der Waals surface area contributed by atoms with E-state index >= 15 is 0 Å². The van der Waals surface area contributed by atoms with Gasteiger partial charge in [-0.1, -0.05) is 0 Å². The third-order valence-corrected chi connectivity index (χ3v) is 1.85. The number of carbonyl (C=O) groups excluding carboxylic acids is 1. The van der Waals surface area contributed by atoms with Crippen molar-refractivity contribution < 1.29 is 22.7 Å². The molecule has 0 fully saturated rings. The van der Waals surface area contributed by atoms with Crippen LogP contribution in [0.25, 0.3) is 0 Å². The second kappa shape index (κ2) is 6.20. The molecule has 0 spiro atoms. The molecule has 0 radical (unpaired) electrons. The lowest BCUT2D eigenvalue weighted by Crippen LogP contribution is -2.30. The fourth-order valence-corrected chi connectivity index (χ4v) is 1.12. The van der Waals surface area contributed by atoms with Gasteiger partial charge in [0.15, 0.2) is 5.69 Å². The van der Waals surface area contributed by atoms with Crippen molar-refractivity contribution in [2.24, 2.45) is 0 Å². The Bertz CT molecular complexity index is 410. The molecule has 0 aromatic carbocycles. The summed E-state index contributed by atoms with van der Waals surface area (Å²) in [5.41, 5.74) is 5.74. The number of amides is 1. The van der Waals surface area contributed by atoms with Gasteiger partial charge < -0.3 is 15.8 Å². The Kier molecular flexibility index (Phi) is 4.90. The first kappa shape index (κ1) is 14.2. The molecule has 1 amide bonds. The lowest BCUT2D eigenvalue weighted by Gasteiger charge is -2.08. The van der Waals surface area contributed by atoms with Gasteiger partial charge in [-0.15, -0.1) is 0 Å². The number of rotatable bonds is 5. The molecule has 0 atom stereocenters. The largest absolute Gasteiger partial charge is 0.411 e. The predicted octanol–water partition coefficient (Wildman–Crippen LogP) is 0.972. The predicted molar refractivity (Wildman–Crippen MR) is 57.9 cm³/mol. The Morgan fingerprint density at radius 2 is 2.22 bits per heavy atom. The number of hydrogen-bond acceptors (Lipinski definition) is 4. The first-order valence-corrected chi connectivity index (χ1v) is 5.03. The fourth-order valence-electron chi connectivity index (χ4n) is 1.12. The zero-order valence-corrected chi connectivity index (χ0v) is 9.33. The second-order valence-electron chi connectivity index (χ2n) is 3.36. The highest BCUT2D eigenvalue weighted by atomic mass is 19.4. The summed E-state index contributed by atoms with van der Waals surface area (Å²) in [6, 6.07) is 3.07. The smallest absolute Gasteiger partial charge is 0.397 e. The molecule has 5 nitrogen and oxygen atoms in total. The molecule has 0 aliphatic heterocycles. The number of ether oxygens (including phenoxy) is 1. The molecule has 0 saturated heterocycles. The van der Waals surface area contributed by atoms with Crippen LogP contribution < -0.4 is 11.1 Å². The van der Waals surface area contributed by atoms with Gasteiger partial charge in [-0.25, -0.2) is 4.98 Å². The first-order valence-electron chi connectivity index (χ1n) is 5.03. The Hall–Kier alpha value is -1.83. The molecule has 3 N–H and O–H groups in total. The van der Waals surface area contributed by atoms with Crippen molar-refractivity contribution in [3.63, 3.8) is 0 Å². The van der Waals surface area contributed by atoms with E-state index in [2.05, 4.69) is 15.0 Å². The fraction of sp³-hybridized carbons (Fsp3) is 0.400. The van der Waals surface area contributed by atoms with Gasteiger partial charge >= 0.3 is 6.18 Å². The van der Waals surface area contributed by atoms with Gasteiger partial charge in [0.2, 0.25) is 0 Å². The van der Waals surface area contributed by atoms with Crippen molar-refractivity contribution in [1.29, 1.82) is 0 Å². The third kappa shape index (κ3) is 5.00. The van der Waals surface area contributed by atoms with Crippen LogP contribution >= 0.6 is 0 Å². The number of halogens is 3. The van der Waals surface area contributed by atoms with E-state index in [1.54, 1.807) is 6.07 Å². The highest BCUT2D eigenvalue weighted by Gasteiger charge is 2.27. The summed E-state index contributed by atoms with van der Waals surface area (Å²) in [6.45, 7) is -1.63. The van der Waals surface area contributed by atoms with Crippen LogP contribution in [0.3, 0.4) is 0 Å². The minimum Gasteiger partial charge on any atom is -0.397 e. The lowest BCUT2D eigenvalue weighted by atomic mass is 10.3. The molecule has 0 aliphatic carbocycles. The molecule has 18 heavy (non-hydrogen) atoms. The topological polar surface area (TPSA) is 77.2 Å². The van der Waals surface area contributed by atoms with Crippen molar-refractivity contribution in [3.05, 3.63) is 24.0 Å². The summed E-state index contributed by atoms with van der Waals surface area (Å²) in [5, 5.41) is 2.35. The van der Waals surface area contributed by atoms with E-state index in [1.807, 2.05) is 0 Å². The van der Waals surface area contributed by atoms with Crippen molar-refractivity contribution in [3.8, 4) is 0 Å². The van der Waals surface area contributed by atoms with Crippen molar-refractivity contribution in [2.75, 3.05) is 25.5 Å². The number of aromatic nitrogens is 1. The molecular weight excluding hydrogens is 251 g/mol. The average Bonchev–Trinajstić information content (AvgIpc) is 2.27. The van der Waals surface area contributed by atoms with Crippen LogP contribution in [-0.4, -0.2) is 36.8 Å². The van der Waals surface area contributed by atoms with Crippen LogP contribution in [0.1, 0.15) is 10.5 Å². The monoisotopic (exact) mass is 263 g/mol. The molecule has 1 aromatic rings. The molecule has 0 bridgehead atoms. The maximum Gasteiger partial charge on any atom is 0.411 e. The van der Waals surface area contributed by atoms with E-state index in [4.69, 9.17) is 5.73 Å². The van der Waals surface area contributed by atoms with E-state index < -0.39 is 18.7 Å². The van der Waals surface area contributed by atoms with Gasteiger partial charge in [-0.2, -0.15) is 13.2 Å². The van der Waals surface area contributed by atoms with E-state index in [9.17, 15) is 18.0 Å². The number of carbonyl (C=O) groups is 1. The zero-order valence-electron chi connectivity index (χ0n) is 9.33. The van der Waals surface area contributed by atoms with Crippen molar-refractivity contribution in [2.45, 2.75) is 6.18 Å². The summed E-state index contributed by atoms with van der Waals surface area (Å²) in [7, 11) is 0. The SMILES string of the molecule is Nc1cccnc1C(=O)NCCOCC(F)(F)F. The second-order valence-corrected chi connectivity index (χ2v) is 3.36. The van der Waals surface area contributed by atoms with Gasteiger partial charge in [0.1, 0.15) is 6.61 Å². The number of nitrogens with two attached hydrogens (primary N) is 1. The number of anilines is 1. The molecule has 100 valence electrons. The summed E-state index contributed by atoms with van der Waals surface area (Å²) in [6.07, 6.45) is -2.97. The number of nitrogens with zero attached hydrogens (tertiary/aromatic N) is 1. The maximum atomic E-state index is 11.7. The zero-order chi connectivity index (χ0) is 13.6. The number of nitrogens with one attached hydrogen (secondary N) is 1. The van der Waals surface area contributed by atoms with Gasteiger partial charge in [0.25, 0.3) is 5.91 Å². The molecule has 0 aliphatic rings. The van der Waals surface area contributed by atoms with Gasteiger partial charge in [0, 0.05) is 12.7 Å². The quantitative estimate of drug-likeness (QED) is 0.776. The third-order valence-electron chi connectivity index (χ3n) is 1.85. The summed E-state index contributed by atoms with van der Waals surface area (Å²) in [5.74, 6) is -0.552. The highest BCUT2D eigenvalue weighted by Crippen LogP contribution is 2.14. The summed E-state index contributed by atoms with van der Waals surface area (Å²) < 4.78 is 39.5. The lowest BCUT2D eigenvalue weighted by molar-refractivity contribution is -0.173. The number of alkyl halides is 3. The van der Waals surface area contributed by atoms with Crippen LogP contribution in [0.15, 0.2) is 18.3 Å². The summed E-state index contributed by atoms with van der Waals surface area (Å²) in [4.78, 5) is 15.3. The van der Waals surface area contributed by atoms with Crippen LogP contribution in [0.4, 0.5) is 18.9 Å². The van der Waals surface area contributed by atoms with E-state index in [0.717, 1.165) is 0 Å². The molecular formula is C10H12F3N3O2. The molecule has 8 heteroatoms.